The smallest absolute Gasteiger partial charge is 0.198 e. The van der Waals surface area contributed by atoms with Crippen LogP contribution in [-0.4, -0.2) is 14.8 Å². The zero-order valence-electron chi connectivity index (χ0n) is 27.9. The molecule has 42 heavy (non-hydrogen) atoms. The Kier molecular flexibility index (Phi) is 18.5. The molecule has 242 valence electrons. The van der Waals surface area contributed by atoms with Crippen molar-refractivity contribution in [3.63, 3.8) is 0 Å². The van der Waals surface area contributed by atoms with Crippen LogP contribution in [0.15, 0.2) is 12.2 Å². The molecule has 0 radical (unpaired) electrons. The van der Waals surface area contributed by atoms with Gasteiger partial charge in [0.05, 0.1) is 0 Å². The van der Waals surface area contributed by atoms with Crippen LogP contribution in [0.3, 0.4) is 0 Å². The molecule has 0 fully saturated rings. The molecule has 3 rings (SSSR count). The minimum absolute atomic E-state index is 0.320. The third kappa shape index (κ3) is 12.7. The molecule has 3 nitrogen and oxygen atoms in total. The minimum Gasteiger partial charge on any atom is -0.494 e. The highest BCUT2D eigenvalue weighted by atomic mass is 16.3. The number of fused-ring (bicyclic) bond motifs is 5. The third-order valence-electron chi connectivity index (χ3n) is 10.3. The maximum atomic E-state index is 10.6. The number of rotatable bonds is 29. The van der Waals surface area contributed by atoms with Crippen molar-refractivity contribution < 1.29 is 10.2 Å². The van der Waals surface area contributed by atoms with Crippen molar-refractivity contribution in [2.45, 2.75) is 212 Å². The summed E-state index contributed by atoms with van der Waals surface area (Å²) in [5.41, 5.74) is 2.00. The van der Waals surface area contributed by atoms with Gasteiger partial charge in [-0.1, -0.05) is 192 Å². The van der Waals surface area contributed by atoms with Crippen molar-refractivity contribution in [3.8, 4) is 11.8 Å². The van der Waals surface area contributed by atoms with Crippen LogP contribution < -0.4 is 0 Å². The second kappa shape index (κ2) is 22.2. The van der Waals surface area contributed by atoms with Crippen molar-refractivity contribution in [2.75, 3.05) is 0 Å². The molecule has 0 saturated carbocycles. The summed E-state index contributed by atoms with van der Waals surface area (Å²) in [6.07, 6.45) is 45.0. The second-order valence-electron chi connectivity index (χ2n) is 14.0. The molecule has 0 spiro atoms. The van der Waals surface area contributed by atoms with E-state index in [1.165, 1.54) is 173 Å². The summed E-state index contributed by atoms with van der Waals surface area (Å²) in [4.78, 5) is 0. The summed E-state index contributed by atoms with van der Waals surface area (Å²) < 4.78 is 1.76. The lowest BCUT2D eigenvalue weighted by molar-refractivity contribution is 0.355. The monoisotopic (exact) mass is 584 g/mol. The number of hydrogen-bond donors (Lipinski definition) is 2. The normalized spacial score (nSPS) is 17.1. The van der Waals surface area contributed by atoms with Gasteiger partial charge < -0.3 is 10.2 Å². The largest absolute Gasteiger partial charge is 0.494 e. The van der Waals surface area contributed by atoms with E-state index >= 15 is 0 Å². The van der Waals surface area contributed by atoms with Gasteiger partial charge in [0.15, 0.2) is 11.8 Å². The van der Waals surface area contributed by atoms with Crippen LogP contribution in [0.5, 0.6) is 11.8 Å². The highest BCUT2D eigenvalue weighted by molar-refractivity contribution is 5.58. The third-order valence-corrected chi connectivity index (χ3v) is 10.3. The van der Waals surface area contributed by atoms with Gasteiger partial charge in [0.25, 0.3) is 0 Å². The Morgan fingerprint density at radius 2 is 0.714 bits per heavy atom. The molecule has 2 bridgehead atoms. The van der Waals surface area contributed by atoms with E-state index in [1.807, 2.05) is 0 Å². The van der Waals surface area contributed by atoms with Crippen LogP contribution in [0.25, 0.3) is 0 Å². The van der Waals surface area contributed by atoms with Gasteiger partial charge in [-0.2, -0.15) is 0 Å². The molecule has 0 aromatic carbocycles. The van der Waals surface area contributed by atoms with Gasteiger partial charge in [-0.15, -0.1) is 0 Å². The number of nitrogens with zero attached hydrogens (tertiary/aromatic N) is 1. The van der Waals surface area contributed by atoms with E-state index in [2.05, 4.69) is 19.1 Å². The molecule has 0 amide bonds. The van der Waals surface area contributed by atoms with E-state index in [9.17, 15) is 10.2 Å². The van der Waals surface area contributed by atoms with Crippen molar-refractivity contribution >= 4 is 0 Å². The molecule has 2 aliphatic carbocycles. The fourth-order valence-electron chi connectivity index (χ4n) is 7.64. The number of aromatic nitrogens is 1. The Labute approximate surface area is 261 Å². The summed E-state index contributed by atoms with van der Waals surface area (Å²) in [7, 11) is 0. The van der Waals surface area contributed by atoms with E-state index < -0.39 is 0 Å². The van der Waals surface area contributed by atoms with Crippen LogP contribution in [0.4, 0.5) is 0 Å². The summed E-state index contributed by atoms with van der Waals surface area (Å²) in [6.45, 7) is 3.04. The molecule has 0 saturated heterocycles. The standard InChI is InChI=1S/C39H69NO2/c1-2-3-4-5-6-7-8-9-10-11-12-13-14-15-16-17-18-19-20-21-22-23-24-25-26-27-28-29-32-40-38(41)36-34-30-31-35(33-34)37(36)39(40)42/h30-31,34-35,41-42H,2-29,32-33H2,1H3. The van der Waals surface area contributed by atoms with Gasteiger partial charge in [0.2, 0.25) is 0 Å². The molecular weight excluding hydrogens is 514 g/mol. The van der Waals surface area contributed by atoms with E-state index in [1.54, 1.807) is 4.57 Å². The molecule has 1 heterocycles. The number of aromatic hydroxyl groups is 2. The van der Waals surface area contributed by atoms with Crippen molar-refractivity contribution in [1.82, 2.24) is 4.57 Å². The lowest BCUT2D eigenvalue weighted by atomic mass is 10.0. The van der Waals surface area contributed by atoms with Crippen LogP contribution in [-0.2, 0) is 6.54 Å². The Morgan fingerprint density at radius 1 is 0.452 bits per heavy atom. The molecular formula is C39H69NO2. The zero-order valence-corrected chi connectivity index (χ0v) is 27.9. The highest BCUT2D eigenvalue weighted by Gasteiger charge is 2.40. The molecule has 1 aromatic rings. The highest BCUT2D eigenvalue weighted by Crippen LogP contribution is 2.56. The van der Waals surface area contributed by atoms with Crippen molar-refractivity contribution in [1.29, 1.82) is 0 Å². The van der Waals surface area contributed by atoms with Gasteiger partial charge in [-0.25, -0.2) is 0 Å². The Hall–Kier alpha value is -1.38. The number of allylic oxidation sites excluding steroid dienone is 2. The van der Waals surface area contributed by atoms with E-state index in [4.69, 9.17) is 0 Å². The molecule has 2 unspecified atom stereocenters. The first kappa shape index (κ1) is 35.1. The van der Waals surface area contributed by atoms with E-state index in [0.29, 0.717) is 23.6 Å². The predicted octanol–water partition coefficient (Wildman–Crippen LogP) is 13.0. The zero-order chi connectivity index (χ0) is 29.7. The molecule has 0 aliphatic heterocycles. The average molecular weight is 584 g/mol. The van der Waals surface area contributed by atoms with Crippen LogP contribution in [0.2, 0.25) is 0 Å². The quantitative estimate of drug-likeness (QED) is 0.0727. The maximum absolute atomic E-state index is 10.6. The van der Waals surface area contributed by atoms with Crippen LogP contribution in [0.1, 0.15) is 216 Å². The first-order chi connectivity index (χ1) is 20.7. The predicted molar refractivity (Wildman–Crippen MR) is 182 cm³/mol. The summed E-state index contributed by atoms with van der Waals surface area (Å²) in [5.74, 6) is 1.29. The maximum Gasteiger partial charge on any atom is 0.198 e. The average Bonchev–Trinajstić information content (AvgIpc) is 3.68. The summed E-state index contributed by atoms with van der Waals surface area (Å²) in [5, 5.41) is 21.2. The molecule has 1 aromatic heterocycles. The summed E-state index contributed by atoms with van der Waals surface area (Å²) in [6, 6.07) is 0. The Balaban J connectivity index is 0.974. The van der Waals surface area contributed by atoms with Gasteiger partial charge in [0, 0.05) is 29.5 Å². The SMILES string of the molecule is CCCCCCCCCCCCCCCCCCCCCCCCCCCCCCn1c(O)c2c(c1O)C1C=CC2C1. The first-order valence-corrected chi connectivity index (χ1v) is 19.1. The lowest BCUT2D eigenvalue weighted by Crippen LogP contribution is -1.99. The van der Waals surface area contributed by atoms with E-state index in [-0.39, 0.29) is 0 Å². The topological polar surface area (TPSA) is 45.4 Å². The van der Waals surface area contributed by atoms with E-state index in [0.717, 1.165) is 30.5 Å². The summed E-state index contributed by atoms with van der Waals surface area (Å²) >= 11 is 0. The second-order valence-corrected chi connectivity index (χ2v) is 14.0. The van der Waals surface area contributed by atoms with Crippen molar-refractivity contribution in [2.24, 2.45) is 0 Å². The van der Waals surface area contributed by atoms with Crippen LogP contribution in [0, 0.1) is 0 Å². The van der Waals surface area contributed by atoms with Gasteiger partial charge >= 0.3 is 0 Å². The van der Waals surface area contributed by atoms with Gasteiger partial charge in [0.1, 0.15) is 0 Å². The number of hydrogen-bond acceptors (Lipinski definition) is 2. The fourth-order valence-corrected chi connectivity index (χ4v) is 7.64. The molecule has 2 atom stereocenters. The van der Waals surface area contributed by atoms with Gasteiger partial charge in [-0.3, -0.25) is 4.57 Å². The first-order valence-electron chi connectivity index (χ1n) is 19.1. The molecule has 2 N–H and O–H groups in total. The fraction of sp³-hybridized carbons (Fsp3) is 0.846. The van der Waals surface area contributed by atoms with Gasteiger partial charge in [-0.05, 0) is 12.8 Å². The molecule has 3 heteroatoms. The lowest BCUT2D eigenvalue weighted by Gasteiger charge is -2.09. The Bertz CT molecular complexity index is 804. The van der Waals surface area contributed by atoms with Crippen molar-refractivity contribution in [3.05, 3.63) is 23.3 Å². The number of unbranched alkanes of at least 4 members (excludes halogenated alkanes) is 27. The van der Waals surface area contributed by atoms with Crippen LogP contribution >= 0.6 is 0 Å². The Morgan fingerprint density at radius 3 is 1.00 bits per heavy atom. The molecule has 2 aliphatic rings. The minimum atomic E-state index is 0.320.